The van der Waals surface area contributed by atoms with Crippen LogP contribution in [0.3, 0.4) is 0 Å². The van der Waals surface area contributed by atoms with E-state index in [1.54, 1.807) is 0 Å². The average Bonchev–Trinajstić information content (AvgIpc) is 3.13. The van der Waals surface area contributed by atoms with Crippen molar-refractivity contribution in [1.82, 2.24) is 18.7 Å². The molecular weight excluding hydrogens is 376 g/mol. The van der Waals surface area contributed by atoms with Crippen molar-refractivity contribution >= 4 is 18.3 Å². The van der Waals surface area contributed by atoms with Crippen LogP contribution >= 0.6 is 0 Å². The minimum Gasteiger partial charge on any atom is -0.187 e. The van der Waals surface area contributed by atoms with E-state index in [1.165, 1.54) is 10.5 Å². The van der Waals surface area contributed by atoms with E-state index < -0.39 is 18.3 Å². The van der Waals surface area contributed by atoms with Crippen LogP contribution in [-0.4, -0.2) is 41.4 Å². The average molecular weight is 401 g/mol. The minimum atomic E-state index is -3.81. The summed E-state index contributed by atoms with van der Waals surface area (Å²) in [5, 5.41) is 7.97. The number of hydrogen-bond donors (Lipinski definition) is 0. The molecule has 0 spiro atoms. The largest absolute Gasteiger partial charge is 0.324 e. The van der Waals surface area contributed by atoms with Crippen LogP contribution in [0.5, 0.6) is 0 Å². The van der Waals surface area contributed by atoms with Crippen molar-refractivity contribution in [2.24, 2.45) is 0 Å². The molecule has 0 N–H and O–H groups in total. The fourth-order valence-corrected chi connectivity index (χ4v) is 6.65. The van der Waals surface area contributed by atoms with Crippen molar-refractivity contribution in [2.75, 3.05) is 6.17 Å². The van der Waals surface area contributed by atoms with E-state index >= 15 is 0 Å². The summed E-state index contributed by atoms with van der Waals surface area (Å²) < 4.78 is 29.0. The third kappa shape index (κ3) is 4.91. The molecule has 1 heterocycles. The molecule has 0 unspecified atom stereocenters. The van der Waals surface area contributed by atoms with Crippen molar-refractivity contribution < 1.29 is 8.42 Å². The molecule has 0 atom stereocenters. The van der Waals surface area contributed by atoms with Gasteiger partial charge in [0, 0.05) is 18.3 Å². The quantitative estimate of drug-likeness (QED) is 0.570. The Morgan fingerprint density at radius 2 is 1.56 bits per heavy atom. The van der Waals surface area contributed by atoms with Gasteiger partial charge in [0.05, 0.1) is 14.3 Å². The molecule has 3 rings (SSSR count). The second-order valence-electron chi connectivity index (χ2n) is 7.66. The van der Waals surface area contributed by atoms with Gasteiger partial charge in [0.2, 0.25) is 0 Å². The van der Waals surface area contributed by atoms with E-state index in [9.17, 15) is 8.42 Å². The standard InChI is InChI=1S/C19H24N4O2SSi/c1-27(2,3)16-22(14-17-10-6-4-7-11-17)26(24,25)23-15-19(20-21-23)18-12-8-5-9-13-18/h4-13,15H,14,16H2,1-3H3. The lowest BCUT2D eigenvalue weighted by Gasteiger charge is -2.27. The number of aromatic nitrogens is 3. The molecule has 0 saturated heterocycles. The van der Waals surface area contributed by atoms with Crippen LogP contribution in [0.15, 0.2) is 66.9 Å². The highest BCUT2D eigenvalue weighted by Crippen LogP contribution is 2.19. The summed E-state index contributed by atoms with van der Waals surface area (Å²) >= 11 is 0. The molecule has 0 radical (unpaired) electrons. The van der Waals surface area contributed by atoms with Gasteiger partial charge in [-0.05, 0) is 5.56 Å². The maximum Gasteiger partial charge on any atom is 0.324 e. The molecule has 0 aliphatic carbocycles. The molecule has 0 bridgehead atoms. The predicted molar refractivity (Wildman–Crippen MR) is 110 cm³/mol. The Morgan fingerprint density at radius 3 is 2.15 bits per heavy atom. The fourth-order valence-electron chi connectivity index (χ4n) is 2.76. The Labute approximate surface area is 161 Å². The van der Waals surface area contributed by atoms with E-state index in [1.807, 2.05) is 60.7 Å². The normalized spacial score (nSPS) is 12.4. The van der Waals surface area contributed by atoms with Gasteiger partial charge in [-0.3, -0.25) is 0 Å². The Morgan fingerprint density at radius 1 is 0.963 bits per heavy atom. The van der Waals surface area contributed by atoms with Crippen molar-refractivity contribution in [3.63, 3.8) is 0 Å². The fraction of sp³-hybridized carbons (Fsp3) is 0.263. The third-order valence-electron chi connectivity index (χ3n) is 3.96. The van der Waals surface area contributed by atoms with Crippen LogP contribution in [-0.2, 0) is 16.8 Å². The van der Waals surface area contributed by atoms with Crippen LogP contribution in [0.2, 0.25) is 19.6 Å². The number of hydrogen-bond acceptors (Lipinski definition) is 4. The maximum atomic E-state index is 13.3. The van der Waals surface area contributed by atoms with Crippen molar-refractivity contribution in [1.29, 1.82) is 0 Å². The molecule has 1 aromatic heterocycles. The van der Waals surface area contributed by atoms with Crippen LogP contribution in [0.1, 0.15) is 5.56 Å². The topological polar surface area (TPSA) is 68.1 Å². The monoisotopic (exact) mass is 400 g/mol. The number of rotatable bonds is 7. The van der Waals surface area contributed by atoms with Gasteiger partial charge in [-0.25, -0.2) is 0 Å². The SMILES string of the molecule is C[Si](C)(C)CN(Cc1ccccc1)S(=O)(=O)n1cc(-c2ccccc2)nn1. The summed E-state index contributed by atoms with van der Waals surface area (Å²) in [4.78, 5) is 0. The Bertz CT molecular complexity index is 983. The van der Waals surface area contributed by atoms with Gasteiger partial charge in [-0.15, -0.1) is 9.19 Å². The first kappa shape index (κ1) is 19.5. The molecule has 0 aliphatic rings. The molecule has 2 aromatic carbocycles. The van der Waals surface area contributed by atoms with Gasteiger partial charge < -0.3 is 0 Å². The molecule has 0 saturated carbocycles. The van der Waals surface area contributed by atoms with E-state index in [-0.39, 0.29) is 0 Å². The van der Waals surface area contributed by atoms with Crippen LogP contribution in [0, 0.1) is 0 Å². The molecule has 142 valence electrons. The van der Waals surface area contributed by atoms with Gasteiger partial charge in [0.15, 0.2) is 0 Å². The maximum absolute atomic E-state index is 13.3. The Balaban J connectivity index is 1.94. The summed E-state index contributed by atoms with van der Waals surface area (Å²) in [6.45, 7) is 6.76. The van der Waals surface area contributed by atoms with Gasteiger partial charge in [0.25, 0.3) is 0 Å². The van der Waals surface area contributed by atoms with E-state index in [4.69, 9.17) is 0 Å². The number of benzene rings is 2. The highest BCUT2D eigenvalue weighted by atomic mass is 32.2. The second-order valence-corrected chi connectivity index (χ2v) is 14.9. The summed E-state index contributed by atoms with van der Waals surface area (Å²) in [7, 11) is -5.50. The first-order valence-electron chi connectivity index (χ1n) is 8.78. The zero-order valence-corrected chi connectivity index (χ0v) is 17.6. The Hall–Kier alpha value is -2.29. The molecule has 8 heteroatoms. The van der Waals surface area contributed by atoms with Crippen molar-refractivity contribution in [3.05, 3.63) is 72.4 Å². The first-order chi connectivity index (χ1) is 12.8. The zero-order chi connectivity index (χ0) is 19.5. The lowest BCUT2D eigenvalue weighted by molar-refractivity contribution is 0.434. The van der Waals surface area contributed by atoms with Crippen LogP contribution < -0.4 is 0 Å². The highest BCUT2D eigenvalue weighted by molar-refractivity contribution is 7.87. The Kier molecular flexibility index (Phi) is 5.59. The summed E-state index contributed by atoms with van der Waals surface area (Å²) in [6, 6.07) is 19.0. The lowest BCUT2D eigenvalue weighted by Crippen LogP contribution is -2.45. The van der Waals surface area contributed by atoms with Crippen LogP contribution in [0.4, 0.5) is 0 Å². The van der Waals surface area contributed by atoms with E-state index in [2.05, 4.69) is 30.0 Å². The molecule has 0 amide bonds. The third-order valence-corrected chi connectivity index (χ3v) is 7.08. The minimum absolute atomic E-state index is 0.313. The molecular formula is C19H24N4O2SSi. The summed E-state index contributed by atoms with van der Waals surface area (Å²) in [5.74, 6) is 0. The summed E-state index contributed by atoms with van der Waals surface area (Å²) in [5.41, 5.74) is 2.31. The summed E-state index contributed by atoms with van der Waals surface area (Å²) in [6.07, 6.45) is 1.98. The molecule has 0 fully saturated rings. The zero-order valence-electron chi connectivity index (χ0n) is 15.8. The van der Waals surface area contributed by atoms with Gasteiger partial charge in [0.1, 0.15) is 5.69 Å². The molecule has 0 aliphatic heterocycles. The molecule has 27 heavy (non-hydrogen) atoms. The van der Waals surface area contributed by atoms with Crippen molar-refractivity contribution in [3.8, 4) is 11.3 Å². The smallest absolute Gasteiger partial charge is 0.187 e. The lowest BCUT2D eigenvalue weighted by atomic mass is 10.2. The van der Waals surface area contributed by atoms with Gasteiger partial charge in [-0.2, -0.15) is 12.7 Å². The van der Waals surface area contributed by atoms with Gasteiger partial charge in [-0.1, -0.05) is 85.5 Å². The first-order valence-corrected chi connectivity index (χ1v) is 13.9. The van der Waals surface area contributed by atoms with E-state index in [0.717, 1.165) is 15.2 Å². The van der Waals surface area contributed by atoms with Crippen molar-refractivity contribution in [2.45, 2.75) is 26.2 Å². The van der Waals surface area contributed by atoms with Crippen LogP contribution in [0.25, 0.3) is 11.3 Å². The second kappa shape index (κ2) is 7.75. The molecule has 6 nitrogen and oxygen atoms in total. The molecule has 3 aromatic rings. The predicted octanol–water partition coefficient (Wildman–Crippen LogP) is 3.42. The number of nitrogens with zero attached hydrogens (tertiary/aromatic N) is 4. The van der Waals surface area contributed by atoms with E-state index in [0.29, 0.717) is 18.4 Å². The van der Waals surface area contributed by atoms with Gasteiger partial charge >= 0.3 is 10.2 Å². The highest BCUT2D eigenvalue weighted by Gasteiger charge is 2.30.